The Labute approximate surface area is 116 Å². The molecule has 1 rings (SSSR count). The number of benzene rings is 1. The summed E-state index contributed by atoms with van der Waals surface area (Å²) in [4.78, 5) is 12.1. The largest absolute Gasteiger partial charge is 0.393 e. The first-order valence-corrected chi connectivity index (χ1v) is 6.88. The Balaban J connectivity index is 2.60. The monoisotopic (exact) mass is 263 g/mol. The topological polar surface area (TPSA) is 49.3 Å². The summed E-state index contributed by atoms with van der Waals surface area (Å²) in [5, 5.41) is 13.1. The Kier molecular flexibility index (Phi) is 5.55. The van der Waals surface area contributed by atoms with E-state index in [9.17, 15) is 9.90 Å². The predicted molar refractivity (Wildman–Crippen MR) is 78.1 cm³/mol. The fraction of sp³-hybridized carbons (Fsp3) is 0.562. The third-order valence-corrected chi connectivity index (χ3v) is 3.37. The molecule has 0 aromatic heterocycles. The van der Waals surface area contributed by atoms with Crippen molar-refractivity contribution in [2.45, 2.75) is 52.7 Å². The van der Waals surface area contributed by atoms with Crippen LogP contribution in [-0.2, 0) is 0 Å². The molecule has 0 unspecified atom stereocenters. The molecule has 0 spiro atoms. The Bertz CT molecular complexity index is 395. The molecule has 2 atom stereocenters. The maximum atomic E-state index is 12.1. The average molecular weight is 263 g/mol. The molecule has 2 N–H and O–H groups in total. The summed E-state index contributed by atoms with van der Waals surface area (Å²) in [6.07, 6.45) is 0.970. The highest BCUT2D eigenvalue weighted by Crippen LogP contribution is 2.23. The molecule has 0 aliphatic heterocycles. The van der Waals surface area contributed by atoms with E-state index in [-0.39, 0.29) is 17.4 Å². The lowest BCUT2D eigenvalue weighted by molar-refractivity contribution is 0.0450. The molecule has 0 saturated heterocycles. The normalized spacial score (nSPS) is 14.8. The van der Waals surface area contributed by atoms with Crippen LogP contribution in [-0.4, -0.2) is 23.2 Å². The molecule has 0 heterocycles. The first-order valence-electron chi connectivity index (χ1n) is 6.88. The van der Waals surface area contributed by atoms with Gasteiger partial charge in [-0.1, -0.05) is 45.9 Å². The summed E-state index contributed by atoms with van der Waals surface area (Å²) >= 11 is 0. The van der Waals surface area contributed by atoms with Gasteiger partial charge in [0.15, 0.2) is 0 Å². The molecule has 0 radical (unpaired) electrons. The zero-order chi connectivity index (χ0) is 14.5. The molecule has 1 amide bonds. The lowest BCUT2D eigenvalue weighted by atomic mass is 9.85. The Morgan fingerprint density at radius 1 is 1.26 bits per heavy atom. The van der Waals surface area contributed by atoms with Crippen molar-refractivity contribution < 1.29 is 9.90 Å². The molecule has 0 saturated carbocycles. The van der Waals surface area contributed by atoms with E-state index in [1.54, 1.807) is 12.1 Å². The molecule has 106 valence electrons. The number of rotatable bonds is 5. The minimum atomic E-state index is -0.423. The summed E-state index contributed by atoms with van der Waals surface area (Å²) in [5.41, 5.74) is 0.497. The standard InChI is InChI=1S/C16H25NO2/c1-5-13(11-14(18)16(2,3)4)17-15(19)12-9-7-6-8-10-12/h6-10,13-14,18H,5,11H2,1-4H3,(H,17,19)/t13-,14-/m0/s1. The van der Waals surface area contributed by atoms with Gasteiger partial charge in [-0.25, -0.2) is 0 Å². The lowest BCUT2D eigenvalue weighted by Gasteiger charge is -2.29. The third-order valence-electron chi connectivity index (χ3n) is 3.37. The van der Waals surface area contributed by atoms with Gasteiger partial charge in [0.1, 0.15) is 0 Å². The van der Waals surface area contributed by atoms with E-state index in [2.05, 4.69) is 5.32 Å². The smallest absolute Gasteiger partial charge is 0.251 e. The Hall–Kier alpha value is -1.35. The quantitative estimate of drug-likeness (QED) is 0.858. The van der Waals surface area contributed by atoms with Gasteiger partial charge in [0.05, 0.1) is 6.10 Å². The van der Waals surface area contributed by atoms with Gasteiger partial charge in [0.2, 0.25) is 0 Å². The van der Waals surface area contributed by atoms with E-state index in [0.29, 0.717) is 12.0 Å². The molecular formula is C16H25NO2. The lowest BCUT2D eigenvalue weighted by Crippen LogP contribution is -2.40. The second-order valence-corrected chi connectivity index (χ2v) is 6.06. The van der Waals surface area contributed by atoms with Crippen LogP contribution in [0.4, 0.5) is 0 Å². The number of amides is 1. The highest BCUT2D eigenvalue weighted by molar-refractivity contribution is 5.94. The minimum Gasteiger partial charge on any atom is -0.393 e. The number of carbonyl (C=O) groups excluding carboxylic acids is 1. The number of aliphatic hydroxyl groups is 1. The van der Waals surface area contributed by atoms with Crippen molar-refractivity contribution in [3.05, 3.63) is 35.9 Å². The number of nitrogens with one attached hydrogen (secondary N) is 1. The zero-order valence-corrected chi connectivity index (χ0v) is 12.3. The van der Waals surface area contributed by atoms with E-state index < -0.39 is 6.10 Å². The van der Waals surface area contributed by atoms with E-state index >= 15 is 0 Å². The molecule has 0 fully saturated rings. The molecule has 0 bridgehead atoms. The summed E-state index contributed by atoms with van der Waals surface area (Å²) in [7, 11) is 0. The van der Waals surface area contributed by atoms with Gasteiger partial charge in [0.25, 0.3) is 5.91 Å². The maximum absolute atomic E-state index is 12.1. The molecule has 1 aromatic carbocycles. The predicted octanol–water partition coefficient (Wildman–Crippen LogP) is 2.99. The fourth-order valence-corrected chi connectivity index (χ4v) is 1.81. The van der Waals surface area contributed by atoms with Crippen molar-refractivity contribution in [1.82, 2.24) is 5.32 Å². The van der Waals surface area contributed by atoms with Crippen LogP contribution in [0.2, 0.25) is 0 Å². The first kappa shape index (κ1) is 15.7. The minimum absolute atomic E-state index is 0.00179. The highest BCUT2D eigenvalue weighted by atomic mass is 16.3. The van der Waals surface area contributed by atoms with Crippen LogP contribution in [0, 0.1) is 5.41 Å². The summed E-state index contributed by atoms with van der Waals surface area (Å²) < 4.78 is 0. The Morgan fingerprint density at radius 3 is 2.32 bits per heavy atom. The van der Waals surface area contributed by atoms with Crippen molar-refractivity contribution in [3.63, 3.8) is 0 Å². The van der Waals surface area contributed by atoms with Crippen LogP contribution in [0.25, 0.3) is 0 Å². The van der Waals surface area contributed by atoms with Crippen LogP contribution in [0.15, 0.2) is 30.3 Å². The van der Waals surface area contributed by atoms with Crippen LogP contribution < -0.4 is 5.32 Å². The summed E-state index contributed by atoms with van der Waals surface area (Å²) in [6.45, 7) is 8.03. The van der Waals surface area contributed by atoms with Crippen LogP contribution in [0.3, 0.4) is 0 Å². The molecule has 3 heteroatoms. The summed E-state index contributed by atoms with van der Waals surface area (Å²) in [5.74, 6) is -0.0754. The van der Waals surface area contributed by atoms with Crippen molar-refractivity contribution >= 4 is 5.91 Å². The van der Waals surface area contributed by atoms with Crippen LogP contribution in [0.5, 0.6) is 0 Å². The maximum Gasteiger partial charge on any atom is 0.251 e. The van der Waals surface area contributed by atoms with Crippen molar-refractivity contribution in [2.24, 2.45) is 5.41 Å². The zero-order valence-electron chi connectivity index (χ0n) is 12.3. The van der Waals surface area contributed by atoms with E-state index in [1.165, 1.54) is 0 Å². The highest BCUT2D eigenvalue weighted by Gasteiger charge is 2.25. The first-order chi connectivity index (χ1) is 8.84. The van der Waals surface area contributed by atoms with Crippen LogP contribution >= 0.6 is 0 Å². The molecule has 1 aromatic rings. The average Bonchev–Trinajstić information content (AvgIpc) is 2.37. The van der Waals surface area contributed by atoms with Crippen molar-refractivity contribution in [1.29, 1.82) is 0 Å². The second kappa shape index (κ2) is 6.71. The van der Waals surface area contributed by atoms with E-state index in [0.717, 1.165) is 6.42 Å². The van der Waals surface area contributed by atoms with Gasteiger partial charge in [-0.05, 0) is 30.4 Å². The van der Waals surface area contributed by atoms with Gasteiger partial charge in [-0.15, -0.1) is 0 Å². The molecule has 0 aliphatic carbocycles. The van der Waals surface area contributed by atoms with Gasteiger partial charge in [-0.3, -0.25) is 4.79 Å². The molecule has 19 heavy (non-hydrogen) atoms. The SMILES string of the molecule is CC[C@@H](C[C@H](O)C(C)(C)C)NC(=O)c1ccccc1. The molecule has 3 nitrogen and oxygen atoms in total. The number of hydrogen-bond acceptors (Lipinski definition) is 2. The van der Waals surface area contributed by atoms with Gasteiger partial charge < -0.3 is 10.4 Å². The molecule has 0 aliphatic rings. The molecular weight excluding hydrogens is 238 g/mol. The van der Waals surface area contributed by atoms with Crippen molar-refractivity contribution in [2.75, 3.05) is 0 Å². The van der Waals surface area contributed by atoms with Gasteiger partial charge >= 0.3 is 0 Å². The Morgan fingerprint density at radius 2 is 1.84 bits per heavy atom. The number of carbonyl (C=O) groups is 1. The summed E-state index contributed by atoms with van der Waals surface area (Å²) in [6, 6.07) is 9.17. The second-order valence-electron chi connectivity index (χ2n) is 6.06. The van der Waals surface area contributed by atoms with Crippen molar-refractivity contribution in [3.8, 4) is 0 Å². The number of hydrogen-bond donors (Lipinski definition) is 2. The van der Waals surface area contributed by atoms with Crippen LogP contribution in [0.1, 0.15) is 50.9 Å². The number of aliphatic hydroxyl groups excluding tert-OH is 1. The van der Waals surface area contributed by atoms with Gasteiger partial charge in [0, 0.05) is 11.6 Å². The fourth-order valence-electron chi connectivity index (χ4n) is 1.81. The third kappa shape index (κ3) is 5.03. The van der Waals surface area contributed by atoms with E-state index in [4.69, 9.17) is 0 Å². The van der Waals surface area contributed by atoms with E-state index in [1.807, 2.05) is 45.9 Å². The van der Waals surface area contributed by atoms with Gasteiger partial charge in [-0.2, -0.15) is 0 Å².